The molecule has 3 N–H and O–H groups in total. The number of amides is 1. The van der Waals surface area contributed by atoms with Crippen LogP contribution in [-0.4, -0.2) is 11.7 Å². The molecule has 0 bridgehead atoms. The average Bonchev–Trinajstić information content (AvgIpc) is 2.47. The van der Waals surface area contributed by atoms with Crippen molar-refractivity contribution in [1.29, 1.82) is 0 Å². The molecule has 0 atom stereocenters. The van der Waals surface area contributed by atoms with Gasteiger partial charge in [0.05, 0.1) is 11.4 Å². The molecular weight excluding hydrogens is 324 g/mol. The molecule has 0 saturated heterocycles. The maximum Gasteiger partial charge on any atom is 0.412 e. The summed E-state index contributed by atoms with van der Waals surface area (Å²) in [6, 6.07) is 12.4. The zero-order chi connectivity index (χ0) is 17.7. The summed E-state index contributed by atoms with van der Waals surface area (Å²) in [5, 5.41) is 3.29. The van der Waals surface area contributed by atoms with Gasteiger partial charge in [-0.25, -0.2) is 4.79 Å². The number of hydrogen-bond donors (Lipinski definition) is 2. The highest BCUT2D eigenvalue weighted by molar-refractivity contribution is 6.30. The Labute approximate surface area is 147 Å². The molecule has 0 heterocycles. The minimum absolute atomic E-state index is 0.420. The minimum Gasteiger partial charge on any atom is -0.444 e. The van der Waals surface area contributed by atoms with Crippen molar-refractivity contribution in [2.45, 2.75) is 26.4 Å². The summed E-state index contributed by atoms with van der Waals surface area (Å²) < 4.78 is 5.20. The van der Waals surface area contributed by atoms with Crippen LogP contribution in [0.15, 0.2) is 42.5 Å². The predicted molar refractivity (Wildman–Crippen MR) is 98.1 cm³/mol. The Hall–Kier alpha value is -2.64. The first-order valence-electron chi connectivity index (χ1n) is 7.40. The second-order valence-electron chi connectivity index (χ2n) is 6.19. The number of benzene rings is 2. The average molecular weight is 343 g/mol. The number of carbonyl (C=O) groups excluding carboxylic acids is 1. The number of nitrogen functional groups attached to an aromatic ring is 1. The second kappa shape index (κ2) is 7.29. The highest BCUT2D eigenvalue weighted by Gasteiger charge is 2.16. The van der Waals surface area contributed by atoms with Crippen LogP contribution in [0.4, 0.5) is 16.2 Å². The van der Waals surface area contributed by atoms with E-state index in [4.69, 9.17) is 22.1 Å². The highest BCUT2D eigenvalue weighted by atomic mass is 35.5. The number of anilines is 2. The Bertz CT molecular complexity index is 797. The first-order valence-corrected chi connectivity index (χ1v) is 7.78. The summed E-state index contributed by atoms with van der Waals surface area (Å²) in [4.78, 5) is 11.8. The maximum atomic E-state index is 11.8. The monoisotopic (exact) mass is 342 g/mol. The molecule has 5 heteroatoms. The summed E-state index contributed by atoms with van der Waals surface area (Å²) in [5.41, 5.74) is 7.91. The van der Waals surface area contributed by atoms with Gasteiger partial charge in [-0.2, -0.15) is 0 Å². The van der Waals surface area contributed by atoms with Gasteiger partial charge in [0.1, 0.15) is 5.60 Å². The quantitative estimate of drug-likeness (QED) is 0.584. The molecule has 0 aromatic heterocycles. The Morgan fingerprint density at radius 1 is 1.08 bits per heavy atom. The van der Waals surface area contributed by atoms with Gasteiger partial charge in [0.2, 0.25) is 0 Å². The summed E-state index contributed by atoms with van der Waals surface area (Å²) in [7, 11) is 0. The molecule has 0 radical (unpaired) electrons. The van der Waals surface area contributed by atoms with E-state index in [1.54, 1.807) is 51.1 Å². The van der Waals surface area contributed by atoms with E-state index in [0.29, 0.717) is 16.4 Å². The normalized spacial score (nSPS) is 10.5. The van der Waals surface area contributed by atoms with Crippen LogP contribution in [0, 0.1) is 11.8 Å². The standard InChI is InChI=1S/C19H19ClN2O2/c1-19(2,3)24-18(23)22-17-11-8-14(12-16(17)21)5-4-13-6-9-15(20)10-7-13/h6-12H,21H2,1-3H3,(H,22,23). The third-order valence-corrected chi connectivity index (χ3v) is 3.13. The molecule has 0 spiro atoms. The number of nitrogens with two attached hydrogens (primary N) is 1. The number of ether oxygens (including phenoxy) is 1. The van der Waals surface area contributed by atoms with Crippen molar-refractivity contribution >= 4 is 29.1 Å². The fourth-order valence-electron chi connectivity index (χ4n) is 1.85. The lowest BCUT2D eigenvalue weighted by Gasteiger charge is -2.20. The smallest absolute Gasteiger partial charge is 0.412 e. The molecule has 2 aromatic carbocycles. The first kappa shape index (κ1) is 17.7. The lowest BCUT2D eigenvalue weighted by atomic mass is 10.1. The molecule has 0 unspecified atom stereocenters. The Balaban J connectivity index is 2.10. The molecular formula is C19H19ClN2O2. The number of rotatable bonds is 1. The fraction of sp³-hybridized carbons (Fsp3) is 0.211. The van der Waals surface area contributed by atoms with Gasteiger partial charge >= 0.3 is 6.09 Å². The van der Waals surface area contributed by atoms with Gasteiger partial charge in [-0.3, -0.25) is 5.32 Å². The number of nitrogens with one attached hydrogen (secondary N) is 1. The van der Waals surface area contributed by atoms with Gasteiger partial charge in [-0.05, 0) is 63.2 Å². The van der Waals surface area contributed by atoms with Crippen LogP contribution < -0.4 is 11.1 Å². The van der Waals surface area contributed by atoms with Gasteiger partial charge in [0, 0.05) is 16.1 Å². The predicted octanol–water partition coefficient (Wildman–Crippen LogP) is 4.67. The van der Waals surface area contributed by atoms with Crippen molar-refractivity contribution in [3.8, 4) is 11.8 Å². The number of hydrogen-bond acceptors (Lipinski definition) is 3. The van der Waals surface area contributed by atoms with Crippen molar-refractivity contribution in [2.24, 2.45) is 0 Å². The second-order valence-corrected chi connectivity index (χ2v) is 6.62. The van der Waals surface area contributed by atoms with E-state index in [1.807, 2.05) is 12.1 Å². The summed E-state index contributed by atoms with van der Waals surface area (Å²) >= 11 is 5.84. The van der Waals surface area contributed by atoms with Crippen LogP contribution in [0.5, 0.6) is 0 Å². The van der Waals surface area contributed by atoms with Gasteiger partial charge < -0.3 is 10.5 Å². The van der Waals surface area contributed by atoms with Crippen LogP contribution in [-0.2, 0) is 4.74 Å². The molecule has 24 heavy (non-hydrogen) atoms. The van der Waals surface area contributed by atoms with E-state index >= 15 is 0 Å². The van der Waals surface area contributed by atoms with Crippen LogP contribution >= 0.6 is 11.6 Å². The Morgan fingerprint density at radius 3 is 2.25 bits per heavy atom. The van der Waals surface area contributed by atoms with Crippen LogP contribution in [0.1, 0.15) is 31.9 Å². The van der Waals surface area contributed by atoms with E-state index in [-0.39, 0.29) is 0 Å². The van der Waals surface area contributed by atoms with E-state index in [1.165, 1.54) is 0 Å². The van der Waals surface area contributed by atoms with E-state index in [9.17, 15) is 4.79 Å². The summed E-state index contributed by atoms with van der Waals surface area (Å²) in [6.45, 7) is 5.39. The largest absolute Gasteiger partial charge is 0.444 e. The fourth-order valence-corrected chi connectivity index (χ4v) is 1.97. The Morgan fingerprint density at radius 2 is 1.67 bits per heavy atom. The third-order valence-electron chi connectivity index (χ3n) is 2.88. The molecule has 0 aliphatic rings. The molecule has 0 aliphatic heterocycles. The molecule has 4 nitrogen and oxygen atoms in total. The van der Waals surface area contributed by atoms with E-state index < -0.39 is 11.7 Å². The lowest BCUT2D eigenvalue weighted by Crippen LogP contribution is -2.27. The molecule has 124 valence electrons. The van der Waals surface area contributed by atoms with Crippen molar-refractivity contribution < 1.29 is 9.53 Å². The van der Waals surface area contributed by atoms with Crippen molar-refractivity contribution in [2.75, 3.05) is 11.1 Å². The van der Waals surface area contributed by atoms with Gasteiger partial charge in [0.15, 0.2) is 0 Å². The maximum absolute atomic E-state index is 11.8. The first-order chi connectivity index (χ1) is 11.2. The SMILES string of the molecule is CC(C)(C)OC(=O)Nc1ccc(C#Cc2ccc(Cl)cc2)cc1N. The van der Waals surface area contributed by atoms with Gasteiger partial charge in [-0.15, -0.1) is 0 Å². The van der Waals surface area contributed by atoms with Crippen molar-refractivity contribution in [3.63, 3.8) is 0 Å². The topological polar surface area (TPSA) is 64.3 Å². The number of halogens is 1. The van der Waals surface area contributed by atoms with Crippen LogP contribution in [0.2, 0.25) is 5.02 Å². The molecule has 0 aliphatic carbocycles. The zero-order valence-electron chi connectivity index (χ0n) is 13.8. The van der Waals surface area contributed by atoms with Crippen LogP contribution in [0.3, 0.4) is 0 Å². The number of carbonyl (C=O) groups is 1. The van der Waals surface area contributed by atoms with Crippen LogP contribution in [0.25, 0.3) is 0 Å². The van der Waals surface area contributed by atoms with Gasteiger partial charge in [-0.1, -0.05) is 23.4 Å². The minimum atomic E-state index is -0.567. The lowest BCUT2D eigenvalue weighted by molar-refractivity contribution is 0.0636. The molecule has 0 fully saturated rings. The third kappa shape index (κ3) is 5.53. The molecule has 2 aromatic rings. The summed E-state index contributed by atoms with van der Waals surface area (Å²) in [5.74, 6) is 6.05. The van der Waals surface area contributed by atoms with E-state index in [0.717, 1.165) is 11.1 Å². The molecule has 2 rings (SSSR count). The Kier molecular flexibility index (Phi) is 5.38. The van der Waals surface area contributed by atoms with Crippen molar-refractivity contribution in [1.82, 2.24) is 0 Å². The highest BCUT2D eigenvalue weighted by Crippen LogP contribution is 2.21. The summed E-state index contributed by atoms with van der Waals surface area (Å²) in [6.07, 6.45) is -0.547. The molecule has 1 amide bonds. The molecule has 0 saturated carbocycles. The zero-order valence-corrected chi connectivity index (χ0v) is 14.6. The van der Waals surface area contributed by atoms with Crippen molar-refractivity contribution in [3.05, 3.63) is 58.6 Å². The van der Waals surface area contributed by atoms with Gasteiger partial charge in [0.25, 0.3) is 0 Å². The van der Waals surface area contributed by atoms with E-state index in [2.05, 4.69) is 17.2 Å².